The monoisotopic (exact) mass is 302 g/mol. The Morgan fingerprint density at radius 2 is 1.45 bits per heavy atom. The summed E-state index contributed by atoms with van der Waals surface area (Å²) in [6, 6.07) is 9.94. The van der Waals surface area contributed by atoms with Crippen LogP contribution in [0, 0.1) is 11.6 Å². The average Bonchev–Trinajstić information content (AvgIpc) is 2.77. The number of imide groups is 1. The van der Waals surface area contributed by atoms with Crippen molar-refractivity contribution in [2.24, 2.45) is 0 Å². The van der Waals surface area contributed by atoms with Gasteiger partial charge in [-0.1, -0.05) is 0 Å². The van der Waals surface area contributed by atoms with Crippen molar-refractivity contribution in [1.82, 2.24) is 0 Å². The first-order valence-corrected chi connectivity index (χ1v) is 6.69. The van der Waals surface area contributed by atoms with Gasteiger partial charge in [0.05, 0.1) is 12.1 Å². The molecule has 6 heteroatoms. The Morgan fingerprint density at radius 1 is 0.909 bits per heavy atom. The van der Waals surface area contributed by atoms with Crippen LogP contribution in [0.1, 0.15) is 6.42 Å². The minimum atomic E-state index is -0.719. The smallest absolute Gasteiger partial charge is 0.256 e. The molecule has 1 aliphatic heterocycles. The number of nitrogens with zero attached hydrogens (tertiary/aromatic N) is 1. The molecule has 0 radical (unpaired) electrons. The van der Waals surface area contributed by atoms with Crippen LogP contribution in [0.25, 0.3) is 0 Å². The molecule has 0 saturated carbocycles. The van der Waals surface area contributed by atoms with Crippen LogP contribution in [0.15, 0.2) is 48.5 Å². The van der Waals surface area contributed by atoms with Crippen LogP contribution >= 0.6 is 0 Å². The van der Waals surface area contributed by atoms with E-state index in [2.05, 4.69) is 5.32 Å². The van der Waals surface area contributed by atoms with Crippen molar-refractivity contribution >= 4 is 23.2 Å². The van der Waals surface area contributed by atoms with E-state index in [0.717, 1.165) is 4.90 Å². The molecule has 0 aromatic heterocycles. The fourth-order valence-electron chi connectivity index (χ4n) is 2.35. The zero-order valence-electron chi connectivity index (χ0n) is 11.4. The zero-order chi connectivity index (χ0) is 15.7. The molecule has 1 atom stereocenters. The van der Waals surface area contributed by atoms with E-state index >= 15 is 0 Å². The summed E-state index contributed by atoms with van der Waals surface area (Å²) in [7, 11) is 0. The summed E-state index contributed by atoms with van der Waals surface area (Å²) in [5, 5.41) is 2.91. The maximum absolute atomic E-state index is 12.9. The Bertz CT molecular complexity index is 714. The van der Waals surface area contributed by atoms with Crippen molar-refractivity contribution in [3.63, 3.8) is 0 Å². The molecule has 1 heterocycles. The molecule has 1 aliphatic rings. The van der Waals surface area contributed by atoms with E-state index < -0.39 is 17.8 Å². The molecule has 1 unspecified atom stereocenters. The molecule has 1 fully saturated rings. The summed E-state index contributed by atoms with van der Waals surface area (Å²) >= 11 is 0. The van der Waals surface area contributed by atoms with Gasteiger partial charge in [-0.25, -0.2) is 13.7 Å². The molecule has 1 N–H and O–H groups in total. The highest BCUT2D eigenvalue weighted by atomic mass is 19.1. The van der Waals surface area contributed by atoms with Crippen molar-refractivity contribution in [2.75, 3.05) is 10.2 Å². The first-order chi connectivity index (χ1) is 10.5. The van der Waals surface area contributed by atoms with Crippen molar-refractivity contribution in [3.8, 4) is 0 Å². The van der Waals surface area contributed by atoms with Gasteiger partial charge in [-0.15, -0.1) is 0 Å². The number of anilines is 2. The third kappa shape index (κ3) is 2.67. The standard InChI is InChI=1S/C16H12F2N2O2/c17-10-1-5-12(6-2-10)19-14-9-15(21)20(16(14)22)13-7-3-11(18)4-8-13/h1-8,14,19H,9H2. The summed E-state index contributed by atoms with van der Waals surface area (Å²) in [5.41, 5.74) is 0.883. The van der Waals surface area contributed by atoms with Crippen LogP contribution in [0.4, 0.5) is 20.2 Å². The number of hydrogen-bond acceptors (Lipinski definition) is 3. The third-order valence-corrected chi connectivity index (χ3v) is 3.42. The SMILES string of the molecule is O=C1CC(Nc2ccc(F)cc2)C(=O)N1c1ccc(F)cc1. The van der Waals surface area contributed by atoms with Crippen molar-refractivity contribution in [1.29, 1.82) is 0 Å². The maximum atomic E-state index is 12.9. The fraction of sp³-hybridized carbons (Fsp3) is 0.125. The lowest BCUT2D eigenvalue weighted by Gasteiger charge is -2.16. The second-order valence-corrected chi connectivity index (χ2v) is 4.95. The number of halogens is 2. The summed E-state index contributed by atoms with van der Waals surface area (Å²) in [5.74, 6) is -1.60. The zero-order valence-corrected chi connectivity index (χ0v) is 11.4. The van der Waals surface area contributed by atoms with Crippen molar-refractivity contribution < 1.29 is 18.4 Å². The number of carbonyl (C=O) groups excluding carboxylic acids is 2. The van der Waals surface area contributed by atoms with Crippen LogP contribution in [0.3, 0.4) is 0 Å². The topological polar surface area (TPSA) is 49.4 Å². The highest BCUT2D eigenvalue weighted by Crippen LogP contribution is 2.25. The summed E-state index contributed by atoms with van der Waals surface area (Å²) < 4.78 is 25.8. The Hall–Kier alpha value is -2.76. The molecule has 4 nitrogen and oxygen atoms in total. The van der Waals surface area contributed by atoms with Crippen molar-refractivity contribution in [3.05, 3.63) is 60.2 Å². The van der Waals surface area contributed by atoms with Crippen LogP contribution in [0.2, 0.25) is 0 Å². The van der Waals surface area contributed by atoms with E-state index in [0.29, 0.717) is 11.4 Å². The Balaban J connectivity index is 1.79. The number of amides is 2. The molecule has 1 saturated heterocycles. The summed E-state index contributed by atoms with van der Waals surface area (Å²) in [4.78, 5) is 25.4. The highest BCUT2D eigenvalue weighted by Gasteiger charge is 2.39. The molecule has 2 amide bonds. The van der Waals surface area contributed by atoms with Crippen molar-refractivity contribution in [2.45, 2.75) is 12.5 Å². The molecule has 2 aromatic carbocycles. The molecule has 0 spiro atoms. The van der Waals surface area contributed by atoms with E-state index in [1.165, 1.54) is 48.5 Å². The van der Waals surface area contributed by atoms with Gasteiger partial charge in [0.25, 0.3) is 5.91 Å². The molecule has 112 valence electrons. The second-order valence-electron chi connectivity index (χ2n) is 4.95. The molecule has 0 aliphatic carbocycles. The van der Waals surface area contributed by atoms with Crippen LogP contribution < -0.4 is 10.2 Å². The van der Waals surface area contributed by atoms with Gasteiger partial charge in [0.1, 0.15) is 17.7 Å². The van der Waals surface area contributed by atoms with E-state index in [1.54, 1.807) is 0 Å². The minimum Gasteiger partial charge on any atom is -0.373 e. The van der Waals surface area contributed by atoms with E-state index in [4.69, 9.17) is 0 Å². The number of rotatable bonds is 3. The van der Waals surface area contributed by atoms with E-state index in [9.17, 15) is 18.4 Å². The third-order valence-electron chi connectivity index (χ3n) is 3.42. The lowest BCUT2D eigenvalue weighted by Crippen LogP contribution is -2.34. The van der Waals surface area contributed by atoms with Gasteiger partial charge in [0, 0.05) is 5.69 Å². The number of hydrogen-bond donors (Lipinski definition) is 1. The molecule has 2 aromatic rings. The highest BCUT2D eigenvalue weighted by molar-refractivity contribution is 6.23. The Morgan fingerprint density at radius 3 is 2.05 bits per heavy atom. The Kier molecular flexibility index (Phi) is 3.58. The van der Waals surface area contributed by atoms with Gasteiger partial charge < -0.3 is 5.32 Å². The minimum absolute atomic E-state index is 0.00636. The normalized spacial score (nSPS) is 17.9. The van der Waals surface area contributed by atoms with Gasteiger partial charge >= 0.3 is 0 Å². The molecule has 3 rings (SSSR count). The number of benzene rings is 2. The number of nitrogens with one attached hydrogen (secondary N) is 1. The first kappa shape index (κ1) is 14.2. The average molecular weight is 302 g/mol. The Labute approximate surface area is 125 Å². The maximum Gasteiger partial charge on any atom is 0.256 e. The quantitative estimate of drug-likeness (QED) is 0.887. The van der Waals surface area contributed by atoms with Gasteiger partial charge in [-0.2, -0.15) is 0 Å². The van der Waals surface area contributed by atoms with Gasteiger partial charge in [0.15, 0.2) is 0 Å². The van der Waals surface area contributed by atoms with Crippen LogP contribution in [-0.2, 0) is 9.59 Å². The first-order valence-electron chi connectivity index (χ1n) is 6.69. The number of carbonyl (C=O) groups is 2. The lowest BCUT2D eigenvalue weighted by molar-refractivity contribution is -0.121. The van der Waals surface area contributed by atoms with Crippen LogP contribution in [-0.4, -0.2) is 17.9 Å². The summed E-state index contributed by atoms with van der Waals surface area (Å²) in [6.07, 6.45) is -0.00636. The predicted molar refractivity (Wildman–Crippen MR) is 77.3 cm³/mol. The van der Waals surface area contributed by atoms with E-state index in [1.807, 2.05) is 0 Å². The summed E-state index contributed by atoms with van der Waals surface area (Å²) in [6.45, 7) is 0. The molecular weight excluding hydrogens is 290 g/mol. The fourth-order valence-corrected chi connectivity index (χ4v) is 2.35. The molecule has 22 heavy (non-hydrogen) atoms. The molecular formula is C16H12F2N2O2. The van der Waals surface area contributed by atoms with Crippen LogP contribution in [0.5, 0.6) is 0 Å². The molecule has 0 bridgehead atoms. The van der Waals surface area contributed by atoms with Gasteiger partial charge in [-0.3, -0.25) is 9.59 Å². The van der Waals surface area contributed by atoms with E-state index in [-0.39, 0.29) is 18.1 Å². The lowest BCUT2D eigenvalue weighted by atomic mass is 10.2. The van der Waals surface area contributed by atoms with Gasteiger partial charge in [-0.05, 0) is 48.5 Å². The van der Waals surface area contributed by atoms with Gasteiger partial charge in [0.2, 0.25) is 5.91 Å². The second kappa shape index (κ2) is 5.55. The largest absolute Gasteiger partial charge is 0.373 e. The predicted octanol–water partition coefficient (Wildman–Crippen LogP) is 2.71.